The first kappa shape index (κ1) is 21.5. The highest BCUT2D eigenvalue weighted by atomic mass is 16.5. The molecule has 0 radical (unpaired) electrons. The van der Waals surface area contributed by atoms with Gasteiger partial charge in [-0.05, 0) is 43.0 Å². The van der Waals surface area contributed by atoms with Gasteiger partial charge in [-0.3, -0.25) is 15.6 Å². The summed E-state index contributed by atoms with van der Waals surface area (Å²) in [6, 6.07) is 16.4. The number of hydrogen-bond donors (Lipinski definition) is 2. The number of fused-ring (bicyclic) bond motifs is 1. The van der Waals surface area contributed by atoms with E-state index in [-0.39, 0.29) is 18.0 Å². The van der Waals surface area contributed by atoms with E-state index in [1.165, 1.54) is 5.56 Å². The molecule has 7 heteroatoms. The molecule has 1 amide bonds. The van der Waals surface area contributed by atoms with Crippen molar-refractivity contribution < 1.29 is 13.9 Å². The van der Waals surface area contributed by atoms with E-state index in [4.69, 9.17) is 9.15 Å². The monoisotopic (exact) mass is 422 g/mol. The molecular formula is C24H30N4O3. The molecule has 1 aliphatic heterocycles. The van der Waals surface area contributed by atoms with Gasteiger partial charge >= 0.3 is 0 Å². The Balaban J connectivity index is 1.34. The summed E-state index contributed by atoms with van der Waals surface area (Å²) >= 11 is 0. The lowest BCUT2D eigenvalue weighted by Crippen LogP contribution is -2.41. The van der Waals surface area contributed by atoms with Crippen LogP contribution in [0.3, 0.4) is 0 Å². The molecule has 2 unspecified atom stereocenters. The van der Waals surface area contributed by atoms with Gasteiger partial charge in [-0.25, -0.2) is 4.98 Å². The number of nitrogens with one attached hydrogen (secondary N) is 2. The number of ether oxygens (including phenoxy) is 1. The number of hydrogen-bond acceptors (Lipinski definition) is 6. The zero-order valence-electron chi connectivity index (χ0n) is 18.1. The van der Waals surface area contributed by atoms with Crippen molar-refractivity contribution in [1.82, 2.24) is 20.7 Å². The van der Waals surface area contributed by atoms with Crippen LogP contribution in [0, 0.1) is 0 Å². The third kappa shape index (κ3) is 5.50. The highest BCUT2D eigenvalue weighted by Crippen LogP contribution is 2.20. The number of methoxy groups -OCH3 is 1. The molecule has 1 fully saturated rings. The van der Waals surface area contributed by atoms with Crippen LogP contribution in [0.5, 0.6) is 0 Å². The summed E-state index contributed by atoms with van der Waals surface area (Å²) in [5.74, 6) is 0.696. The van der Waals surface area contributed by atoms with E-state index in [2.05, 4.69) is 40.1 Å². The number of aryl methyl sites for hydroxylation is 2. The Morgan fingerprint density at radius 1 is 1.16 bits per heavy atom. The normalized spacial score (nSPS) is 18.5. The number of rotatable bonds is 9. The van der Waals surface area contributed by atoms with Gasteiger partial charge in [-0.2, -0.15) is 0 Å². The maximum Gasteiger partial charge on any atom is 0.253 e. The minimum absolute atomic E-state index is 0.0208. The number of amides is 1. The van der Waals surface area contributed by atoms with Crippen molar-refractivity contribution in [3.8, 4) is 0 Å². The predicted octanol–water partition coefficient (Wildman–Crippen LogP) is 2.96. The maximum absolute atomic E-state index is 12.9. The molecule has 0 bridgehead atoms. The number of benzene rings is 2. The van der Waals surface area contributed by atoms with Gasteiger partial charge in [-0.1, -0.05) is 30.3 Å². The van der Waals surface area contributed by atoms with E-state index in [0.717, 1.165) is 36.8 Å². The van der Waals surface area contributed by atoms with Gasteiger partial charge in [0.15, 0.2) is 11.5 Å². The molecule has 2 atom stereocenters. The zero-order chi connectivity index (χ0) is 21.6. The average Bonchev–Trinajstić information content (AvgIpc) is 3.40. The molecule has 0 spiro atoms. The van der Waals surface area contributed by atoms with Gasteiger partial charge in [0.2, 0.25) is 0 Å². The molecule has 2 N–H and O–H groups in total. The highest BCUT2D eigenvalue weighted by Gasteiger charge is 2.26. The van der Waals surface area contributed by atoms with Crippen LogP contribution in [0.15, 0.2) is 52.9 Å². The first-order valence-electron chi connectivity index (χ1n) is 10.8. The number of carbonyl (C=O) groups is 1. The van der Waals surface area contributed by atoms with Crippen LogP contribution < -0.4 is 10.9 Å². The van der Waals surface area contributed by atoms with Crippen LogP contribution in [0.4, 0.5) is 0 Å². The van der Waals surface area contributed by atoms with Crippen molar-refractivity contribution in [2.24, 2.45) is 0 Å². The summed E-state index contributed by atoms with van der Waals surface area (Å²) in [4.78, 5) is 19.3. The van der Waals surface area contributed by atoms with Crippen molar-refractivity contribution >= 4 is 17.0 Å². The molecule has 2 aromatic carbocycles. The second-order valence-corrected chi connectivity index (χ2v) is 8.19. The second kappa shape index (κ2) is 10.0. The Labute approximate surface area is 182 Å². The fourth-order valence-electron chi connectivity index (χ4n) is 4.07. The molecule has 1 aliphatic rings. The number of likely N-dealkylation sites (N-methyl/N-ethyl adjacent to an activating group) is 1. The van der Waals surface area contributed by atoms with E-state index < -0.39 is 0 Å². The Morgan fingerprint density at radius 2 is 1.97 bits per heavy atom. The van der Waals surface area contributed by atoms with Crippen molar-refractivity contribution in [3.63, 3.8) is 0 Å². The fourth-order valence-corrected chi connectivity index (χ4v) is 4.07. The Bertz CT molecular complexity index is 1000. The van der Waals surface area contributed by atoms with Crippen molar-refractivity contribution in [2.45, 2.75) is 37.8 Å². The fraction of sp³-hybridized carbons (Fsp3) is 0.417. The Morgan fingerprint density at radius 3 is 2.77 bits per heavy atom. The number of carbonyl (C=O) groups excluding carboxylic acids is 1. The largest absolute Gasteiger partial charge is 0.441 e. The third-order valence-electron chi connectivity index (χ3n) is 5.65. The van der Waals surface area contributed by atoms with Crippen LogP contribution in [0.1, 0.15) is 34.7 Å². The average molecular weight is 423 g/mol. The highest BCUT2D eigenvalue weighted by molar-refractivity contribution is 5.97. The smallest absolute Gasteiger partial charge is 0.253 e. The van der Waals surface area contributed by atoms with Crippen molar-refractivity contribution in [2.75, 3.05) is 27.3 Å². The summed E-state index contributed by atoms with van der Waals surface area (Å²) in [6.07, 6.45) is 3.65. The minimum atomic E-state index is -0.0208. The Hall–Kier alpha value is -2.74. The van der Waals surface area contributed by atoms with Crippen molar-refractivity contribution in [1.29, 1.82) is 0 Å². The number of oxazole rings is 1. The van der Waals surface area contributed by atoms with Crippen molar-refractivity contribution in [3.05, 3.63) is 65.5 Å². The molecule has 1 saturated heterocycles. The SMILES string of the molecule is COCC1CC(CN(C)C(=O)c2ccc3oc(CCCc4ccccc4)nc3c2)NN1. The second-order valence-electron chi connectivity index (χ2n) is 8.19. The lowest BCUT2D eigenvalue weighted by atomic mass is 10.1. The Kier molecular flexibility index (Phi) is 6.96. The van der Waals surface area contributed by atoms with E-state index in [9.17, 15) is 4.79 Å². The number of aromatic nitrogens is 1. The molecule has 0 aliphatic carbocycles. The summed E-state index contributed by atoms with van der Waals surface area (Å²) in [6.45, 7) is 1.27. The van der Waals surface area contributed by atoms with Crippen LogP contribution in [0.2, 0.25) is 0 Å². The topological polar surface area (TPSA) is 79.6 Å². The van der Waals surface area contributed by atoms with Gasteiger partial charge < -0.3 is 14.1 Å². The molecule has 3 aromatic rings. The molecule has 31 heavy (non-hydrogen) atoms. The first-order chi connectivity index (χ1) is 15.1. The summed E-state index contributed by atoms with van der Waals surface area (Å²) in [5, 5.41) is 0. The predicted molar refractivity (Wildman–Crippen MR) is 120 cm³/mol. The zero-order valence-corrected chi connectivity index (χ0v) is 18.1. The first-order valence-corrected chi connectivity index (χ1v) is 10.8. The van der Waals surface area contributed by atoms with E-state index in [0.29, 0.717) is 24.6 Å². The molecule has 1 aromatic heterocycles. The lowest BCUT2D eigenvalue weighted by Gasteiger charge is -2.21. The molecule has 4 rings (SSSR count). The number of hydrazine groups is 1. The summed E-state index contributed by atoms with van der Waals surface area (Å²) < 4.78 is 11.1. The lowest BCUT2D eigenvalue weighted by molar-refractivity contribution is 0.0782. The minimum Gasteiger partial charge on any atom is -0.441 e. The van der Waals surface area contributed by atoms with Crippen LogP contribution in [-0.4, -0.2) is 55.2 Å². The number of nitrogens with zero attached hydrogens (tertiary/aromatic N) is 2. The van der Waals surface area contributed by atoms with Gasteiger partial charge in [-0.15, -0.1) is 0 Å². The quantitative estimate of drug-likeness (QED) is 0.552. The molecular weight excluding hydrogens is 392 g/mol. The summed E-state index contributed by atoms with van der Waals surface area (Å²) in [7, 11) is 3.52. The summed E-state index contributed by atoms with van der Waals surface area (Å²) in [5.41, 5.74) is 9.84. The molecule has 0 saturated carbocycles. The maximum atomic E-state index is 12.9. The van der Waals surface area contributed by atoms with Crippen LogP contribution >= 0.6 is 0 Å². The van der Waals surface area contributed by atoms with Gasteiger partial charge in [0.1, 0.15) is 5.52 Å². The molecule has 164 valence electrons. The van der Waals surface area contributed by atoms with Gasteiger partial charge in [0.25, 0.3) is 5.91 Å². The van der Waals surface area contributed by atoms with Crippen LogP contribution in [0.25, 0.3) is 11.1 Å². The van der Waals surface area contributed by atoms with Crippen LogP contribution in [-0.2, 0) is 17.6 Å². The third-order valence-corrected chi connectivity index (χ3v) is 5.65. The molecule has 7 nitrogen and oxygen atoms in total. The standard InChI is InChI=1S/C24H30N4O3/c1-28(15-19-14-20(16-30-2)27-26-19)24(29)18-11-12-22-21(13-18)25-23(31-22)10-6-9-17-7-4-3-5-8-17/h3-5,7-8,11-13,19-20,26-27H,6,9-10,14-16H2,1-2H3. The van der Waals surface area contributed by atoms with E-state index in [1.807, 2.05) is 31.3 Å². The van der Waals surface area contributed by atoms with Gasteiger partial charge in [0, 0.05) is 44.8 Å². The van der Waals surface area contributed by atoms with Gasteiger partial charge in [0.05, 0.1) is 6.61 Å². The molecule has 2 heterocycles. The van der Waals surface area contributed by atoms with E-state index in [1.54, 1.807) is 12.0 Å². The van der Waals surface area contributed by atoms with E-state index >= 15 is 0 Å².